The van der Waals surface area contributed by atoms with Crippen molar-refractivity contribution in [3.8, 4) is 0 Å². The fraction of sp³-hybridized carbons (Fsp3) is 0.240. The summed E-state index contributed by atoms with van der Waals surface area (Å²) in [6.45, 7) is 0. The van der Waals surface area contributed by atoms with Gasteiger partial charge >= 0.3 is 5.97 Å². The molecule has 3 aromatic rings. The summed E-state index contributed by atoms with van der Waals surface area (Å²) in [4.78, 5) is 23.6. The normalized spacial score (nSPS) is 25.2. The maximum atomic E-state index is 13.6. The standard InChI is InChI=1S/C25H20ClFN2O4S/c26-22-20(34-19-7-2-1-6-18(19)29(32)33)12-17-21(22)15-4-3-5-16(25(30)31)24(15)28-23(17)13-8-10-14(27)11-9-13/h1-11,17,20-23,28H,12H2,(H,30,31)/t17-,20+,21+,22-,23-/m1/s1. The van der Waals surface area contributed by atoms with Crippen LogP contribution in [0.25, 0.3) is 0 Å². The number of carboxylic acid groups (broad SMARTS) is 1. The SMILES string of the molecule is O=C(O)c1cccc2c1N[C@H](c1ccc(F)cc1)[C@@H]1C[C@H](Sc3ccccc3[N+](=O)[O-])[C@@H](Cl)[C@@H]21. The van der Waals surface area contributed by atoms with Gasteiger partial charge in [-0.25, -0.2) is 9.18 Å². The van der Waals surface area contributed by atoms with Gasteiger partial charge in [-0.1, -0.05) is 36.4 Å². The maximum Gasteiger partial charge on any atom is 0.337 e. The van der Waals surface area contributed by atoms with Gasteiger partial charge in [0, 0.05) is 17.2 Å². The predicted octanol–water partition coefficient (Wildman–Crippen LogP) is 6.47. The summed E-state index contributed by atoms with van der Waals surface area (Å²) in [5.41, 5.74) is 2.37. The molecule has 1 aliphatic heterocycles. The van der Waals surface area contributed by atoms with Crippen LogP contribution in [0, 0.1) is 21.8 Å². The molecule has 1 saturated carbocycles. The predicted molar refractivity (Wildman–Crippen MR) is 129 cm³/mol. The summed E-state index contributed by atoms with van der Waals surface area (Å²) in [5, 5.41) is 24.2. The van der Waals surface area contributed by atoms with Gasteiger partial charge < -0.3 is 10.4 Å². The summed E-state index contributed by atoms with van der Waals surface area (Å²) in [7, 11) is 0. The molecule has 0 aromatic heterocycles. The van der Waals surface area contributed by atoms with E-state index in [4.69, 9.17) is 11.6 Å². The Hall–Kier alpha value is -3.10. The Labute approximate surface area is 204 Å². The average Bonchev–Trinajstić information content (AvgIpc) is 3.15. The first kappa shape index (κ1) is 22.7. The fourth-order valence-corrected chi connectivity index (χ4v) is 7.14. The lowest BCUT2D eigenvalue weighted by atomic mass is 9.76. The summed E-state index contributed by atoms with van der Waals surface area (Å²) < 4.78 is 13.6. The topological polar surface area (TPSA) is 92.5 Å². The van der Waals surface area contributed by atoms with Crippen LogP contribution in [0.4, 0.5) is 15.8 Å². The molecule has 2 aliphatic rings. The molecule has 5 rings (SSSR count). The number of nitro benzene ring substituents is 1. The minimum atomic E-state index is -1.05. The Morgan fingerprint density at radius 2 is 1.85 bits per heavy atom. The number of aromatic carboxylic acids is 1. The van der Waals surface area contributed by atoms with E-state index < -0.39 is 10.9 Å². The van der Waals surface area contributed by atoms with Crippen molar-refractivity contribution in [2.24, 2.45) is 5.92 Å². The lowest BCUT2D eigenvalue weighted by molar-refractivity contribution is -0.387. The number of para-hydroxylation sites is 2. The highest BCUT2D eigenvalue weighted by Crippen LogP contribution is 2.58. The van der Waals surface area contributed by atoms with Crippen molar-refractivity contribution >= 4 is 40.7 Å². The first-order valence-corrected chi connectivity index (χ1v) is 12.1. The van der Waals surface area contributed by atoms with Crippen molar-refractivity contribution in [2.75, 3.05) is 5.32 Å². The zero-order valence-electron chi connectivity index (χ0n) is 17.7. The Kier molecular flexibility index (Phi) is 5.95. The number of nitrogens with one attached hydrogen (secondary N) is 1. The van der Waals surface area contributed by atoms with Crippen LogP contribution >= 0.6 is 23.4 Å². The van der Waals surface area contributed by atoms with Gasteiger partial charge in [-0.15, -0.1) is 23.4 Å². The molecule has 3 aromatic carbocycles. The lowest BCUT2D eigenvalue weighted by Crippen LogP contribution is -2.32. The summed E-state index contributed by atoms with van der Waals surface area (Å²) in [6.07, 6.45) is 0.654. The molecule has 0 unspecified atom stereocenters. The molecule has 34 heavy (non-hydrogen) atoms. The van der Waals surface area contributed by atoms with Gasteiger partial charge in [-0.3, -0.25) is 10.1 Å². The van der Waals surface area contributed by atoms with Gasteiger partial charge in [0.1, 0.15) is 5.82 Å². The Balaban J connectivity index is 1.57. The molecule has 0 radical (unpaired) electrons. The molecule has 0 saturated heterocycles. The number of halogens is 2. The smallest absolute Gasteiger partial charge is 0.337 e. The van der Waals surface area contributed by atoms with E-state index in [1.54, 1.807) is 42.5 Å². The molecular formula is C25H20ClFN2O4S. The van der Waals surface area contributed by atoms with Crippen LogP contribution in [0.5, 0.6) is 0 Å². The number of rotatable bonds is 5. The van der Waals surface area contributed by atoms with Crippen molar-refractivity contribution in [1.29, 1.82) is 0 Å². The first-order chi connectivity index (χ1) is 16.3. The van der Waals surface area contributed by atoms with E-state index in [0.717, 1.165) is 11.1 Å². The highest BCUT2D eigenvalue weighted by molar-refractivity contribution is 8.00. The number of hydrogen-bond donors (Lipinski definition) is 2. The molecule has 6 nitrogen and oxygen atoms in total. The van der Waals surface area contributed by atoms with Crippen LogP contribution < -0.4 is 5.32 Å². The van der Waals surface area contributed by atoms with Gasteiger partial charge in [0.05, 0.1) is 32.5 Å². The zero-order chi connectivity index (χ0) is 24.0. The number of anilines is 1. The van der Waals surface area contributed by atoms with E-state index >= 15 is 0 Å². The number of nitro groups is 1. The van der Waals surface area contributed by atoms with E-state index in [1.807, 2.05) is 6.07 Å². The lowest BCUT2D eigenvalue weighted by Gasteiger charge is -2.39. The van der Waals surface area contributed by atoms with Crippen molar-refractivity contribution in [3.05, 3.63) is 99.4 Å². The molecule has 0 bridgehead atoms. The molecule has 5 atom stereocenters. The molecule has 1 fully saturated rings. The number of carboxylic acids is 1. The van der Waals surface area contributed by atoms with Crippen LogP contribution in [0.15, 0.2) is 71.6 Å². The third-order valence-electron chi connectivity index (χ3n) is 6.65. The summed E-state index contributed by atoms with van der Waals surface area (Å²) >= 11 is 8.43. The summed E-state index contributed by atoms with van der Waals surface area (Å²) in [6, 6.07) is 17.6. The molecule has 0 amide bonds. The molecule has 1 aliphatic carbocycles. The Morgan fingerprint density at radius 3 is 2.56 bits per heavy atom. The van der Waals surface area contributed by atoms with Crippen LogP contribution in [0.1, 0.15) is 39.9 Å². The van der Waals surface area contributed by atoms with Crippen molar-refractivity contribution in [1.82, 2.24) is 0 Å². The highest BCUT2D eigenvalue weighted by Gasteiger charge is 2.51. The minimum absolute atomic E-state index is 0.00947. The average molecular weight is 499 g/mol. The maximum absolute atomic E-state index is 13.6. The van der Waals surface area contributed by atoms with Crippen LogP contribution in [0.3, 0.4) is 0 Å². The van der Waals surface area contributed by atoms with Gasteiger partial charge in [0.2, 0.25) is 0 Å². The minimum Gasteiger partial charge on any atom is -0.478 e. The van der Waals surface area contributed by atoms with E-state index in [1.165, 1.54) is 30.0 Å². The third kappa shape index (κ3) is 3.91. The highest BCUT2D eigenvalue weighted by atomic mass is 35.5. The van der Waals surface area contributed by atoms with Crippen molar-refractivity contribution in [3.63, 3.8) is 0 Å². The second-order valence-corrected chi connectivity index (χ2v) is 10.3. The zero-order valence-corrected chi connectivity index (χ0v) is 19.3. The molecule has 9 heteroatoms. The Bertz CT molecular complexity index is 1270. The molecule has 174 valence electrons. The quantitative estimate of drug-likeness (QED) is 0.238. The number of hydrogen-bond acceptors (Lipinski definition) is 5. The van der Waals surface area contributed by atoms with E-state index in [0.29, 0.717) is 17.0 Å². The molecule has 0 spiro atoms. The monoisotopic (exact) mass is 498 g/mol. The van der Waals surface area contributed by atoms with Crippen molar-refractivity contribution < 1.29 is 19.2 Å². The summed E-state index contributed by atoms with van der Waals surface area (Å²) in [5.74, 6) is -1.58. The second-order valence-electron chi connectivity index (χ2n) is 8.50. The second kappa shape index (κ2) is 8.92. The Morgan fingerprint density at radius 1 is 1.12 bits per heavy atom. The number of fused-ring (bicyclic) bond motifs is 3. The fourth-order valence-electron chi connectivity index (χ4n) is 5.19. The largest absolute Gasteiger partial charge is 0.478 e. The number of benzene rings is 3. The molecule has 1 heterocycles. The number of nitrogens with zero attached hydrogens (tertiary/aromatic N) is 1. The van der Waals surface area contributed by atoms with Crippen LogP contribution in [0.2, 0.25) is 0 Å². The van der Waals surface area contributed by atoms with Crippen LogP contribution in [-0.4, -0.2) is 26.6 Å². The van der Waals surface area contributed by atoms with Crippen molar-refractivity contribution in [2.45, 2.75) is 33.9 Å². The number of alkyl halides is 1. The van der Waals surface area contributed by atoms with E-state index in [-0.39, 0.29) is 45.6 Å². The third-order valence-corrected chi connectivity index (χ3v) is 8.76. The van der Waals surface area contributed by atoms with Gasteiger partial charge in [0.15, 0.2) is 0 Å². The number of thioether (sulfide) groups is 1. The first-order valence-electron chi connectivity index (χ1n) is 10.8. The van der Waals surface area contributed by atoms with E-state index in [2.05, 4.69) is 5.32 Å². The van der Waals surface area contributed by atoms with Gasteiger partial charge in [-0.05, 0) is 47.7 Å². The van der Waals surface area contributed by atoms with Gasteiger partial charge in [-0.2, -0.15) is 0 Å². The van der Waals surface area contributed by atoms with Crippen LogP contribution in [-0.2, 0) is 0 Å². The molecular weight excluding hydrogens is 479 g/mol. The van der Waals surface area contributed by atoms with Gasteiger partial charge in [0.25, 0.3) is 5.69 Å². The number of carbonyl (C=O) groups is 1. The van der Waals surface area contributed by atoms with E-state index in [9.17, 15) is 24.4 Å². The molecule has 2 N–H and O–H groups in total.